The van der Waals surface area contributed by atoms with Gasteiger partial charge in [0.15, 0.2) is 0 Å². The van der Waals surface area contributed by atoms with Crippen molar-refractivity contribution in [3.05, 3.63) is 11.4 Å². The third kappa shape index (κ3) is 4.65. The minimum Gasteiger partial charge on any atom is -0.373 e. The monoisotopic (exact) mass is 281 g/mol. The number of ether oxygens (including phenoxy) is 1. The van der Waals surface area contributed by atoms with Crippen molar-refractivity contribution in [2.75, 3.05) is 37.4 Å². The van der Waals surface area contributed by atoms with Crippen molar-refractivity contribution >= 4 is 17.5 Å². The molecule has 112 valence electrons. The molecule has 4 N–H and O–H groups in total. The Hall–Kier alpha value is -1.89. The van der Waals surface area contributed by atoms with E-state index < -0.39 is 5.91 Å². The van der Waals surface area contributed by atoms with E-state index >= 15 is 0 Å². The predicted octanol–water partition coefficient (Wildman–Crippen LogP) is 0.864. The Morgan fingerprint density at radius 1 is 1.35 bits per heavy atom. The lowest BCUT2D eigenvalue weighted by Gasteiger charge is -2.15. The number of anilines is 2. The van der Waals surface area contributed by atoms with Crippen LogP contribution in [0.2, 0.25) is 0 Å². The van der Waals surface area contributed by atoms with Gasteiger partial charge in [0.05, 0.1) is 6.61 Å². The molecule has 0 aliphatic carbocycles. The van der Waals surface area contributed by atoms with Gasteiger partial charge in [0.2, 0.25) is 5.91 Å². The molecule has 1 heterocycles. The summed E-state index contributed by atoms with van der Waals surface area (Å²) in [5.74, 6) is 2.14. The Morgan fingerprint density at radius 2 is 2.00 bits per heavy atom. The van der Waals surface area contributed by atoms with Gasteiger partial charge >= 0.3 is 0 Å². The van der Waals surface area contributed by atoms with Crippen molar-refractivity contribution in [2.45, 2.75) is 26.7 Å². The van der Waals surface area contributed by atoms with Gasteiger partial charge in [0, 0.05) is 25.1 Å². The Bertz CT molecular complexity index is 462. The van der Waals surface area contributed by atoms with Crippen molar-refractivity contribution < 1.29 is 9.53 Å². The van der Waals surface area contributed by atoms with Crippen LogP contribution in [0.1, 0.15) is 31.2 Å². The summed E-state index contributed by atoms with van der Waals surface area (Å²) in [6.07, 6.45) is 0. The maximum Gasteiger partial charge on any atom is 0.243 e. The number of hydrogen-bond acceptors (Lipinski definition) is 6. The number of carbonyl (C=O) groups is 1. The second kappa shape index (κ2) is 7.64. The minimum absolute atomic E-state index is 0.0660. The third-order valence-corrected chi connectivity index (χ3v) is 2.70. The minimum atomic E-state index is -0.470. The van der Waals surface area contributed by atoms with Gasteiger partial charge in [-0.25, -0.2) is 9.97 Å². The normalized spacial score (nSPS) is 10.7. The Balaban J connectivity index is 2.68. The molecule has 0 aliphatic rings. The average molecular weight is 281 g/mol. The van der Waals surface area contributed by atoms with Crippen molar-refractivity contribution in [1.82, 2.24) is 9.97 Å². The molecule has 0 aromatic carbocycles. The van der Waals surface area contributed by atoms with Crippen LogP contribution in [0.15, 0.2) is 0 Å². The number of aromatic nitrogens is 2. The SMILES string of the molecule is CNc1nc(C(C)C)nc(NCCOCC(N)=O)c1C. The van der Waals surface area contributed by atoms with E-state index in [9.17, 15) is 4.79 Å². The highest BCUT2D eigenvalue weighted by Gasteiger charge is 2.11. The quantitative estimate of drug-likeness (QED) is 0.611. The first-order valence-corrected chi connectivity index (χ1v) is 6.62. The summed E-state index contributed by atoms with van der Waals surface area (Å²) in [7, 11) is 1.83. The molecule has 0 radical (unpaired) electrons. The highest BCUT2D eigenvalue weighted by Crippen LogP contribution is 2.22. The molecule has 0 spiro atoms. The number of primary amides is 1. The number of nitrogens with two attached hydrogens (primary N) is 1. The van der Waals surface area contributed by atoms with Crippen LogP contribution in [0, 0.1) is 6.92 Å². The Kier molecular flexibility index (Phi) is 6.17. The second-order valence-electron chi connectivity index (χ2n) is 4.75. The maximum absolute atomic E-state index is 10.5. The summed E-state index contributed by atoms with van der Waals surface area (Å²) < 4.78 is 5.09. The van der Waals surface area contributed by atoms with Crippen LogP contribution in [-0.4, -0.2) is 42.7 Å². The molecule has 0 atom stereocenters. The molecule has 0 saturated heterocycles. The molecule has 0 bridgehead atoms. The first-order chi connectivity index (χ1) is 9.45. The predicted molar refractivity (Wildman–Crippen MR) is 78.9 cm³/mol. The van der Waals surface area contributed by atoms with Crippen LogP contribution in [-0.2, 0) is 9.53 Å². The van der Waals surface area contributed by atoms with Crippen molar-refractivity contribution in [3.8, 4) is 0 Å². The molecule has 7 nitrogen and oxygen atoms in total. The first-order valence-electron chi connectivity index (χ1n) is 6.62. The van der Waals surface area contributed by atoms with Gasteiger partial charge in [-0.1, -0.05) is 13.8 Å². The zero-order valence-corrected chi connectivity index (χ0v) is 12.5. The highest BCUT2D eigenvalue weighted by atomic mass is 16.5. The van der Waals surface area contributed by atoms with Gasteiger partial charge in [-0.15, -0.1) is 0 Å². The lowest BCUT2D eigenvalue weighted by atomic mass is 10.2. The van der Waals surface area contributed by atoms with Gasteiger partial charge in [-0.3, -0.25) is 4.79 Å². The summed E-state index contributed by atoms with van der Waals surface area (Å²) >= 11 is 0. The fraction of sp³-hybridized carbons (Fsp3) is 0.615. The van der Waals surface area contributed by atoms with E-state index in [4.69, 9.17) is 10.5 Å². The van der Waals surface area contributed by atoms with E-state index in [1.165, 1.54) is 0 Å². The second-order valence-corrected chi connectivity index (χ2v) is 4.75. The number of nitrogens with one attached hydrogen (secondary N) is 2. The van der Waals surface area contributed by atoms with Crippen molar-refractivity contribution in [1.29, 1.82) is 0 Å². The average Bonchev–Trinajstić information content (AvgIpc) is 2.39. The summed E-state index contributed by atoms with van der Waals surface area (Å²) in [6, 6.07) is 0. The first kappa shape index (κ1) is 16.2. The van der Waals surface area contributed by atoms with E-state index in [0.717, 1.165) is 23.0 Å². The molecule has 7 heteroatoms. The number of nitrogens with zero attached hydrogens (tertiary/aromatic N) is 2. The summed E-state index contributed by atoms with van der Waals surface area (Å²) in [4.78, 5) is 19.5. The summed E-state index contributed by atoms with van der Waals surface area (Å²) in [6.45, 7) is 6.91. The molecular formula is C13H23N5O2. The van der Waals surface area contributed by atoms with Crippen LogP contribution in [0.5, 0.6) is 0 Å². The van der Waals surface area contributed by atoms with Crippen LogP contribution in [0.4, 0.5) is 11.6 Å². The van der Waals surface area contributed by atoms with Crippen LogP contribution in [0.3, 0.4) is 0 Å². The molecule has 1 aromatic rings. The van der Waals surface area contributed by atoms with E-state index in [-0.39, 0.29) is 12.5 Å². The van der Waals surface area contributed by atoms with Crippen LogP contribution in [0.25, 0.3) is 0 Å². The molecule has 0 saturated carbocycles. The number of carbonyl (C=O) groups excluding carboxylic acids is 1. The van der Waals surface area contributed by atoms with E-state index in [1.54, 1.807) is 0 Å². The van der Waals surface area contributed by atoms with E-state index in [0.29, 0.717) is 13.2 Å². The fourth-order valence-electron chi connectivity index (χ4n) is 1.62. The van der Waals surface area contributed by atoms with Gasteiger partial charge in [0.25, 0.3) is 0 Å². The van der Waals surface area contributed by atoms with Gasteiger partial charge in [0.1, 0.15) is 24.1 Å². The smallest absolute Gasteiger partial charge is 0.243 e. The molecule has 0 fully saturated rings. The summed E-state index contributed by atoms with van der Waals surface area (Å²) in [5.41, 5.74) is 5.94. The zero-order valence-electron chi connectivity index (χ0n) is 12.5. The van der Waals surface area contributed by atoms with Gasteiger partial charge < -0.3 is 21.1 Å². The van der Waals surface area contributed by atoms with Crippen LogP contribution < -0.4 is 16.4 Å². The van der Waals surface area contributed by atoms with Gasteiger partial charge in [-0.2, -0.15) is 0 Å². The number of rotatable bonds is 8. The molecule has 0 unspecified atom stereocenters. The molecule has 1 aromatic heterocycles. The Labute approximate surface area is 119 Å². The largest absolute Gasteiger partial charge is 0.373 e. The Morgan fingerprint density at radius 3 is 2.55 bits per heavy atom. The highest BCUT2D eigenvalue weighted by molar-refractivity contribution is 5.74. The molecule has 1 amide bonds. The zero-order chi connectivity index (χ0) is 15.1. The third-order valence-electron chi connectivity index (χ3n) is 2.70. The van der Waals surface area contributed by atoms with Crippen molar-refractivity contribution in [3.63, 3.8) is 0 Å². The van der Waals surface area contributed by atoms with E-state index in [1.807, 2.05) is 27.8 Å². The lowest BCUT2D eigenvalue weighted by molar-refractivity contribution is -0.122. The molecular weight excluding hydrogens is 258 g/mol. The topological polar surface area (TPSA) is 102 Å². The van der Waals surface area contributed by atoms with Crippen LogP contribution >= 0.6 is 0 Å². The van der Waals surface area contributed by atoms with E-state index in [2.05, 4.69) is 20.6 Å². The number of amides is 1. The molecule has 0 aliphatic heterocycles. The standard InChI is InChI=1S/C13H23N5O2/c1-8(2)11-17-12(15-4)9(3)13(18-11)16-5-6-20-7-10(14)19/h8H,5-7H2,1-4H3,(H2,14,19)(H2,15,16,17,18). The summed E-state index contributed by atoms with van der Waals surface area (Å²) in [5, 5.41) is 6.25. The lowest BCUT2D eigenvalue weighted by Crippen LogP contribution is -2.21. The van der Waals surface area contributed by atoms with Gasteiger partial charge in [-0.05, 0) is 6.92 Å². The maximum atomic E-state index is 10.5. The van der Waals surface area contributed by atoms with Crippen molar-refractivity contribution in [2.24, 2.45) is 5.73 Å². The fourth-order valence-corrected chi connectivity index (χ4v) is 1.62. The molecule has 20 heavy (non-hydrogen) atoms. The molecule has 1 rings (SSSR count). The number of hydrogen-bond donors (Lipinski definition) is 3.